The smallest absolute Gasteiger partial charge is 0.295 e. The van der Waals surface area contributed by atoms with Crippen LogP contribution >= 0.6 is 11.8 Å². The van der Waals surface area contributed by atoms with E-state index in [0.29, 0.717) is 28.9 Å². The van der Waals surface area contributed by atoms with Crippen molar-refractivity contribution in [2.45, 2.75) is 62.2 Å². The van der Waals surface area contributed by atoms with Gasteiger partial charge in [0.1, 0.15) is 11.3 Å². The largest absolute Gasteiger partial charge is 0.353 e. The number of anilines is 3. The highest BCUT2D eigenvalue weighted by Gasteiger charge is 2.25. The fourth-order valence-corrected chi connectivity index (χ4v) is 5.21. The molecule has 0 saturated heterocycles. The maximum atomic E-state index is 13.4. The third-order valence-corrected chi connectivity index (χ3v) is 7.39. The van der Waals surface area contributed by atoms with Gasteiger partial charge in [-0.05, 0) is 61.5 Å². The Morgan fingerprint density at radius 1 is 1.09 bits per heavy atom. The highest BCUT2D eigenvalue weighted by molar-refractivity contribution is 7.98. The van der Waals surface area contributed by atoms with E-state index < -0.39 is 6.43 Å². The molecule has 2 saturated carbocycles. The van der Waals surface area contributed by atoms with Crippen LogP contribution in [0.25, 0.3) is 11.2 Å². The SMILES string of the molecule is C=C(Nc1cc(Nc2ccc(C3CCCCC3)cc2SC)c2[nH]c(C(F)F)nc2n1)C1CC1. The van der Waals surface area contributed by atoms with Crippen LogP contribution in [-0.4, -0.2) is 21.2 Å². The molecule has 0 spiro atoms. The number of aromatic nitrogens is 3. The predicted molar refractivity (Wildman–Crippen MR) is 132 cm³/mol. The molecule has 2 heterocycles. The van der Waals surface area contributed by atoms with E-state index in [9.17, 15) is 8.78 Å². The van der Waals surface area contributed by atoms with Crippen LogP contribution in [0.15, 0.2) is 41.4 Å². The number of benzene rings is 1. The average Bonchev–Trinajstić information content (AvgIpc) is 3.59. The van der Waals surface area contributed by atoms with E-state index >= 15 is 0 Å². The summed E-state index contributed by atoms with van der Waals surface area (Å²) in [5.74, 6) is 1.25. The predicted octanol–water partition coefficient (Wildman–Crippen LogP) is 7.74. The normalized spacial score (nSPS) is 17.0. The van der Waals surface area contributed by atoms with E-state index in [4.69, 9.17) is 0 Å². The third kappa shape index (κ3) is 4.86. The number of halogens is 2. The van der Waals surface area contributed by atoms with Crippen LogP contribution in [0.1, 0.15) is 68.7 Å². The molecule has 0 bridgehead atoms. The van der Waals surface area contributed by atoms with Crippen molar-refractivity contribution in [3.63, 3.8) is 0 Å². The van der Waals surface area contributed by atoms with Gasteiger partial charge in [0.05, 0.1) is 11.4 Å². The van der Waals surface area contributed by atoms with Gasteiger partial charge in [-0.15, -0.1) is 11.8 Å². The van der Waals surface area contributed by atoms with Crippen molar-refractivity contribution in [2.75, 3.05) is 16.9 Å². The summed E-state index contributed by atoms with van der Waals surface area (Å²) in [5.41, 5.74) is 4.61. The van der Waals surface area contributed by atoms with Gasteiger partial charge in [-0.3, -0.25) is 0 Å². The Balaban J connectivity index is 1.49. The zero-order valence-electron chi connectivity index (χ0n) is 18.8. The Morgan fingerprint density at radius 2 is 1.88 bits per heavy atom. The van der Waals surface area contributed by atoms with E-state index in [1.54, 1.807) is 11.8 Å². The minimum absolute atomic E-state index is 0.255. The molecule has 0 atom stereocenters. The van der Waals surface area contributed by atoms with Crippen molar-refractivity contribution in [1.29, 1.82) is 0 Å². The van der Waals surface area contributed by atoms with E-state index in [1.807, 2.05) is 6.07 Å². The maximum Gasteiger partial charge on any atom is 0.295 e. The molecule has 2 aliphatic carbocycles. The van der Waals surface area contributed by atoms with Gasteiger partial charge in [-0.1, -0.05) is 31.9 Å². The van der Waals surface area contributed by atoms with Crippen molar-refractivity contribution in [1.82, 2.24) is 15.0 Å². The molecule has 2 aromatic heterocycles. The van der Waals surface area contributed by atoms with Gasteiger partial charge in [-0.2, -0.15) is 0 Å². The first-order valence-electron chi connectivity index (χ1n) is 11.6. The van der Waals surface area contributed by atoms with Crippen LogP contribution in [0.4, 0.5) is 26.0 Å². The number of aromatic amines is 1. The van der Waals surface area contributed by atoms with Crippen molar-refractivity contribution in [2.24, 2.45) is 5.92 Å². The molecule has 8 heteroatoms. The number of fused-ring (bicyclic) bond motifs is 1. The lowest BCUT2D eigenvalue weighted by Crippen LogP contribution is -2.05. The molecule has 0 radical (unpaired) electrons. The summed E-state index contributed by atoms with van der Waals surface area (Å²) < 4.78 is 26.7. The molecule has 2 fully saturated rings. The van der Waals surface area contributed by atoms with Gasteiger partial charge in [-0.25, -0.2) is 18.7 Å². The first kappa shape index (κ1) is 22.2. The number of imidazole rings is 1. The number of H-pyrrole nitrogens is 1. The second-order valence-corrected chi connectivity index (χ2v) is 9.87. The van der Waals surface area contributed by atoms with Crippen molar-refractivity contribution in [3.05, 3.63) is 47.9 Å². The van der Waals surface area contributed by atoms with Crippen LogP contribution in [0.3, 0.4) is 0 Å². The zero-order valence-corrected chi connectivity index (χ0v) is 19.6. The van der Waals surface area contributed by atoms with E-state index in [-0.39, 0.29) is 11.5 Å². The summed E-state index contributed by atoms with van der Waals surface area (Å²) >= 11 is 1.68. The molecule has 0 aliphatic heterocycles. The molecule has 5 rings (SSSR count). The van der Waals surface area contributed by atoms with Crippen molar-refractivity contribution < 1.29 is 8.78 Å². The first-order chi connectivity index (χ1) is 16.0. The average molecular weight is 470 g/mol. The number of rotatable bonds is 8. The Labute approximate surface area is 196 Å². The van der Waals surface area contributed by atoms with Gasteiger partial charge in [0.2, 0.25) is 0 Å². The fourth-order valence-electron chi connectivity index (χ4n) is 4.62. The second kappa shape index (κ2) is 9.33. The van der Waals surface area contributed by atoms with Crippen LogP contribution in [0.5, 0.6) is 0 Å². The quantitative estimate of drug-likeness (QED) is 0.294. The summed E-state index contributed by atoms with van der Waals surface area (Å²) in [6.45, 7) is 4.10. The summed E-state index contributed by atoms with van der Waals surface area (Å²) in [6, 6.07) is 8.40. The topological polar surface area (TPSA) is 65.6 Å². The van der Waals surface area contributed by atoms with Gasteiger partial charge in [0, 0.05) is 16.7 Å². The lowest BCUT2D eigenvalue weighted by atomic mass is 9.84. The number of allylic oxidation sites excluding steroid dienone is 1. The molecule has 0 unspecified atom stereocenters. The number of nitrogens with zero attached hydrogens (tertiary/aromatic N) is 2. The molecule has 33 heavy (non-hydrogen) atoms. The molecule has 0 amide bonds. The minimum Gasteiger partial charge on any atom is -0.353 e. The highest BCUT2D eigenvalue weighted by atomic mass is 32.2. The van der Waals surface area contributed by atoms with Crippen molar-refractivity contribution >= 4 is 40.1 Å². The van der Waals surface area contributed by atoms with Crippen LogP contribution < -0.4 is 10.6 Å². The molecule has 2 aliphatic rings. The number of thioether (sulfide) groups is 1. The van der Waals surface area contributed by atoms with Crippen LogP contribution in [0.2, 0.25) is 0 Å². The molecule has 174 valence electrons. The number of pyridine rings is 1. The Morgan fingerprint density at radius 3 is 2.58 bits per heavy atom. The lowest BCUT2D eigenvalue weighted by molar-refractivity contribution is 0.142. The minimum atomic E-state index is -2.69. The molecule has 5 nitrogen and oxygen atoms in total. The molecular weight excluding hydrogens is 440 g/mol. The first-order valence-corrected chi connectivity index (χ1v) is 12.8. The fraction of sp³-hybridized carbons (Fsp3) is 0.440. The maximum absolute atomic E-state index is 13.4. The third-order valence-electron chi connectivity index (χ3n) is 6.62. The van der Waals surface area contributed by atoms with Gasteiger partial charge >= 0.3 is 0 Å². The number of hydrogen-bond acceptors (Lipinski definition) is 5. The molecule has 3 aromatic rings. The van der Waals surface area contributed by atoms with E-state index in [0.717, 1.165) is 29.1 Å². The summed E-state index contributed by atoms with van der Waals surface area (Å²) in [7, 11) is 0. The second-order valence-electron chi connectivity index (χ2n) is 9.02. The summed E-state index contributed by atoms with van der Waals surface area (Å²) in [5, 5.41) is 6.71. The Hall–Kier alpha value is -2.61. The molecule has 1 aromatic carbocycles. The number of alkyl halides is 2. The van der Waals surface area contributed by atoms with Gasteiger partial charge in [0.15, 0.2) is 11.5 Å². The molecule has 3 N–H and O–H groups in total. The van der Waals surface area contributed by atoms with E-state index in [1.165, 1.54) is 37.7 Å². The van der Waals surface area contributed by atoms with Crippen LogP contribution in [0, 0.1) is 5.92 Å². The van der Waals surface area contributed by atoms with E-state index in [2.05, 4.69) is 56.6 Å². The Bertz CT molecular complexity index is 1170. The van der Waals surface area contributed by atoms with Crippen LogP contribution in [-0.2, 0) is 0 Å². The molecular formula is C25H29F2N5S. The standard InChI is InChI=1S/C25H29F2N5S/c1-14(15-8-9-15)28-21-13-19(22-24(30-21)32-25(31-22)23(26)27)29-18-11-10-17(12-20(18)33-2)16-6-4-3-5-7-16/h10-13,15-16,23H,1,3-9H2,2H3,(H3,28,29,30,31,32). The monoisotopic (exact) mass is 469 g/mol. The summed E-state index contributed by atoms with van der Waals surface area (Å²) in [4.78, 5) is 12.4. The Kier molecular flexibility index (Phi) is 6.27. The van der Waals surface area contributed by atoms with Gasteiger partial charge in [0.25, 0.3) is 6.43 Å². The zero-order chi connectivity index (χ0) is 22.9. The lowest BCUT2D eigenvalue weighted by Gasteiger charge is -2.23. The number of hydrogen-bond donors (Lipinski definition) is 3. The summed E-state index contributed by atoms with van der Waals surface area (Å²) in [6.07, 6.45) is 8.00. The number of nitrogens with one attached hydrogen (secondary N) is 3. The highest BCUT2D eigenvalue weighted by Crippen LogP contribution is 2.39. The van der Waals surface area contributed by atoms with Gasteiger partial charge < -0.3 is 15.6 Å². The van der Waals surface area contributed by atoms with Crippen molar-refractivity contribution in [3.8, 4) is 0 Å².